The number of amides is 2. The molecule has 0 radical (unpaired) electrons. The van der Waals surface area contributed by atoms with Crippen molar-refractivity contribution < 1.29 is 9.59 Å². The van der Waals surface area contributed by atoms with Gasteiger partial charge in [0.15, 0.2) is 0 Å². The lowest BCUT2D eigenvalue weighted by molar-refractivity contribution is -0.134. The van der Waals surface area contributed by atoms with Crippen molar-refractivity contribution in [2.24, 2.45) is 5.73 Å². The smallest absolute Gasteiger partial charge is 0.242 e. The first-order valence-electron chi connectivity index (χ1n) is 7.20. The molecule has 1 fully saturated rings. The summed E-state index contributed by atoms with van der Waals surface area (Å²) < 4.78 is 0. The van der Waals surface area contributed by atoms with Crippen LogP contribution >= 0.6 is 24.8 Å². The molecular weight excluding hydrogens is 339 g/mol. The van der Waals surface area contributed by atoms with E-state index < -0.39 is 0 Å². The Morgan fingerprint density at radius 1 is 1.04 bits per heavy atom. The van der Waals surface area contributed by atoms with Crippen LogP contribution in [-0.4, -0.2) is 60.9 Å². The Labute approximate surface area is 149 Å². The standard InChI is InChI=1S/C15H22N4O2.2ClH/c16-10-14(20)17-11-15(21)19-8-6-18(7-9-19)12-13-4-2-1-3-5-13;;/h1-5H,6-12,16H2,(H,17,20);2*1H. The first kappa shape index (κ1) is 21.7. The molecule has 6 nitrogen and oxygen atoms in total. The molecule has 8 heteroatoms. The molecule has 23 heavy (non-hydrogen) atoms. The van der Waals surface area contributed by atoms with Crippen LogP contribution in [0.3, 0.4) is 0 Å². The molecule has 2 amide bonds. The summed E-state index contributed by atoms with van der Waals surface area (Å²) in [5, 5.41) is 2.51. The maximum absolute atomic E-state index is 11.9. The Balaban J connectivity index is 0.00000242. The molecule has 1 aliphatic heterocycles. The third-order valence-electron chi connectivity index (χ3n) is 3.60. The highest BCUT2D eigenvalue weighted by atomic mass is 35.5. The number of piperazine rings is 1. The van der Waals surface area contributed by atoms with E-state index in [0.29, 0.717) is 13.1 Å². The fourth-order valence-electron chi connectivity index (χ4n) is 2.36. The zero-order valence-corrected chi connectivity index (χ0v) is 14.6. The molecule has 0 aromatic heterocycles. The molecule has 0 atom stereocenters. The predicted molar refractivity (Wildman–Crippen MR) is 94.9 cm³/mol. The van der Waals surface area contributed by atoms with Gasteiger partial charge in [-0.2, -0.15) is 0 Å². The zero-order chi connectivity index (χ0) is 15.1. The van der Waals surface area contributed by atoms with Gasteiger partial charge in [0.25, 0.3) is 0 Å². The zero-order valence-electron chi connectivity index (χ0n) is 12.9. The average molecular weight is 363 g/mol. The van der Waals surface area contributed by atoms with Gasteiger partial charge in [-0.15, -0.1) is 24.8 Å². The molecule has 1 saturated heterocycles. The molecule has 0 bridgehead atoms. The van der Waals surface area contributed by atoms with Crippen molar-refractivity contribution in [3.63, 3.8) is 0 Å². The second-order valence-electron chi connectivity index (χ2n) is 5.12. The van der Waals surface area contributed by atoms with Gasteiger partial charge in [0.05, 0.1) is 13.1 Å². The Bertz CT molecular complexity index is 480. The van der Waals surface area contributed by atoms with Crippen molar-refractivity contribution in [2.45, 2.75) is 6.54 Å². The molecule has 1 heterocycles. The van der Waals surface area contributed by atoms with E-state index >= 15 is 0 Å². The van der Waals surface area contributed by atoms with Gasteiger partial charge >= 0.3 is 0 Å². The van der Waals surface area contributed by atoms with Crippen LogP contribution in [0.1, 0.15) is 5.56 Å². The van der Waals surface area contributed by atoms with E-state index in [2.05, 4.69) is 22.3 Å². The fraction of sp³-hybridized carbons (Fsp3) is 0.467. The number of benzene rings is 1. The molecule has 2 rings (SSSR count). The summed E-state index contributed by atoms with van der Waals surface area (Å²) >= 11 is 0. The lowest BCUT2D eigenvalue weighted by Crippen LogP contribution is -2.51. The van der Waals surface area contributed by atoms with E-state index in [0.717, 1.165) is 19.6 Å². The van der Waals surface area contributed by atoms with Crippen LogP contribution < -0.4 is 11.1 Å². The minimum Gasteiger partial charge on any atom is -0.346 e. The van der Waals surface area contributed by atoms with Crippen molar-refractivity contribution in [3.8, 4) is 0 Å². The minimum atomic E-state index is -0.300. The summed E-state index contributed by atoms with van der Waals surface area (Å²) in [6.45, 7) is 3.96. The molecule has 3 N–H and O–H groups in total. The molecule has 130 valence electrons. The number of hydrogen-bond acceptors (Lipinski definition) is 4. The molecule has 1 aromatic rings. The van der Waals surface area contributed by atoms with Crippen LogP contribution in [0, 0.1) is 0 Å². The lowest BCUT2D eigenvalue weighted by Gasteiger charge is -2.34. The first-order chi connectivity index (χ1) is 10.2. The van der Waals surface area contributed by atoms with Gasteiger partial charge in [-0.3, -0.25) is 14.5 Å². The second kappa shape index (κ2) is 11.2. The maximum atomic E-state index is 11.9. The third-order valence-corrected chi connectivity index (χ3v) is 3.60. The number of nitrogens with zero attached hydrogens (tertiary/aromatic N) is 2. The van der Waals surface area contributed by atoms with E-state index in [1.54, 1.807) is 4.90 Å². The number of carbonyl (C=O) groups excluding carboxylic acids is 2. The largest absolute Gasteiger partial charge is 0.346 e. The number of carbonyl (C=O) groups is 2. The van der Waals surface area contributed by atoms with Gasteiger partial charge in [-0.1, -0.05) is 30.3 Å². The fourth-order valence-corrected chi connectivity index (χ4v) is 2.36. The Morgan fingerprint density at radius 2 is 1.65 bits per heavy atom. The van der Waals surface area contributed by atoms with E-state index in [9.17, 15) is 9.59 Å². The summed E-state index contributed by atoms with van der Waals surface area (Å²) in [7, 11) is 0. The van der Waals surface area contributed by atoms with Crippen molar-refractivity contribution in [2.75, 3.05) is 39.3 Å². The summed E-state index contributed by atoms with van der Waals surface area (Å²) in [4.78, 5) is 27.1. The number of nitrogens with one attached hydrogen (secondary N) is 1. The summed E-state index contributed by atoms with van der Waals surface area (Å²) in [5.41, 5.74) is 6.47. The third kappa shape index (κ3) is 7.18. The van der Waals surface area contributed by atoms with Gasteiger partial charge < -0.3 is 16.0 Å². The molecule has 0 saturated carbocycles. The van der Waals surface area contributed by atoms with Gasteiger partial charge in [0.2, 0.25) is 11.8 Å². The van der Waals surface area contributed by atoms with Crippen molar-refractivity contribution in [1.82, 2.24) is 15.1 Å². The van der Waals surface area contributed by atoms with Crippen molar-refractivity contribution in [1.29, 1.82) is 0 Å². The highest BCUT2D eigenvalue weighted by Gasteiger charge is 2.21. The van der Waals surface area contributed by atoms with E-state index in [1.165, 1.54) is 5.56 Å². The molecule has 0 unspecified atom stereocenters. The number of halogens is 2. The van der Waals surface area contributed by atoms with Crippen LogP contribution in [0.2, 0.25) is 0 Å². The van der Waals surface area contributed by atoms with Crippen molar-refractivity contribution >= 4 is 36.6 Å². The SMILES string of the molecule is Cl.Cl.NCC(=O)NCC(=O)N1CCN(Cc2ccccc2)CC1. The van der Waals surface area contributed by atoms with Crippen LogP contribution in [-0.2, 0) is 16.1 Å². The monoisotopic (exact) mass is 362 g/mol. The Kier molecular flexibility index (Phi) is 10.6. The quantitative estimate of drug-likeness (QED) is 0.786. The number of rotatable bonds is 5. The predicted octanol–water partition coefficient (Wildman–Crippen LogP) is 0.249. The second-order valence-corrected chi connectivity index (χ2v) is 5.12. The molecular formula is C15H24Cl2N4O2. The van der Waals surface area contributed by atoms with Crippen LogP contribution in [0.4, 0.5) is 0 Å². The van der Waals surface area contributed by atoms with Crippen LogP contribution in [0.15, 0.2) is 30.3 Å². The lowest BCUT2D eigenvalue weighted by atomic mass is 10.2. The van der Waals surface area contributed by atoms with Gasteiger partial charge in [0, 0.05) is 32.7 Å². The normalized spacial score (nSPS) is 14.4. The molecule has 0 aliphatic carbocycles. The van der Waals surface area contributed by atoms with Gasteiger partial charge in [-0.25, -0.2) is 0 Å². The Morgan fingerprint density at radius 3 is 2.22 bits per heavy atom. The molecule has 1 aliphatic rings. The molecule has 0 spiro atoms. The molecule has 1 aromatic carbocycles. The number of hydrogen-bond donors (Lipinski definition) is 2. The summed E-state index contributed by atoms with van der Waals surface area (Å²) in [5.74, 6) is -0.345. The van der Waals surface area contributed by atoms with Gasteiger partial charge in [-0.05, 0) is 5.56 Å². The van der Waals surface area contributed by atoms with Crippen LogP contribution in [0.25, 0.3) is 0 Å². The van der Waals surface area contributed by atoms with Crippen LogP contribution in [0.5, 0.6) is 0 Å². The topological polar surface area (TPSA) is 78.7 Å². The van der Waals surface area contributed by atoms with E-state index in [1.807, 2.05) is 18.2 Å². The van der Waals surface area contributed by atoms with E-state index in [-0.39, 0.29) is 49.7 Å². The summed E-state index contributed by atoms with van der Waals surface area (Å²) in [6.07, 6.45) is 0. The Hall–Kier alpha value is -1.34. The van der Waals surface area contributed by atoms with Gasteiger partial charge in [0.1, 0.15) is 0 Å². The summed E-state index contributed by atoms with van der Waals surface area (Å²) in [6, 6.07) is 10.3. The highest BCUT2D eigenvalue weighted by molar-refractivity contribution is 5.86. The highest BCUT2D eigenvalue weighted by Crippen LogP contribution is 2.08. The number of nitrogens with two attached hydrogens (primary N) is 1. The average Bonchev–Trinajstić information content (AvgIpc) is 2.54. The minimum absolute atomic E-state index is 0. The van der Waals surface area contributed by atoms with E-state index in [4.69, 9.17) is 5.73 Å². The first-order valence-corrected chi connectivity index (χ1v) is 7.20. The van der Waals surface area contributed by atoms with Crippen molar-refractivity contribution in [3.05, 3.63) is 35.9 Å². The maximum Gasteiger partial charge on any atom is 0.242 e.